The Hall–Kier alpha value is -2.88. The molecule has 2 heterocycles. The van der Waals surface area contributed by atoms with Crippen LogP contribution in [0.15, 0.2) is 63.6 Å². The molecule has 0 unspecified atom stereocenters. The largest absolute Gasteiger partial charge is 0.493 e. The Kier molecular flexibility index (Phi) is 6.86. The molecule has 1 amide bonds. The number of anilines is 1. The molecule has 0 radical (unpaired) electrons. The second kappa shape index (κ2) is 9.95. The summed E-state index contributed by atoms with van der Waals surface area (Å²) in [7, 11) is 3.19. The third-order valence-electron chi connectivity index (χ3n) is 4.39. The minimum Gasteiger partial charge on any atom is -0.493 e. The number of hydrogen-bond acceptors (Lipinski definition) is 8. The van der Waals surface area contributed by atoms with E-state index in [-0.39, 0.29) is 5.91 Å². The van der Waals surface area contributed by atoms with E-state index < -0.39 is 0 Å². The maximum atomic E-state index is 12.6. The molecule has 31 heavy (non-hydrogen) atoms. The quantitative estimate of drug-likeness (QED) is 0.327. The van der Waals surface area contributed by atoms with Gasteiger partial charge in [0.1, 0.15) is 0 Å². The van der Waals surface area contributed by atoms with Crippen molar-refractivity contribution in [1.82, 2.24) is 9.97 Å². The zero-order chi connectivity index (χ0) is 21.6. The molecule has 0 aliphatic carbocycles. The summed E-state index contributed by atoms with van der Waals surface area (Å²) in [5.74, 6) is 1.91. The molecule has 4 rings (SSSR count). The van der Waals surface area contributed by atoms with Gasteiger partial charge in [0.2, 0.25) is 0 Å². The summed E-state index contributed by atoms with van der Waals surface area (Å²) in [5.41, 5.74) is 5.12. The molecule has 0 fully saturated rings. The molecule has 2 aromatic heterocycles. The van der Waals surface area contributed by atoms with Gasteiger partial charge in [-0.3, -0.25) is 10.1 Å². The van der Waals surface area contributed by atoms with Crippen LogP contribution in [-0.2, 0) is 5.75 Å². The summed E-state index contributed by atoms with van der Waals surface area (Å²) < 4.78 is 10.6. The number of thiazole rings is 2. The lowest BCUT2D eigenvalue weighted by Crippen LogP contribution is -2.11. The van der Waals surface area contributed by atoms with Crippen LogP contribution in [0.25, 0.3) is 11.3 Å². The molecule has 0 saturated heterocycles. The molecule has 0 spiro atoms. The van der Waals surface area contributed by atoms with E-state index in [9.17, 15) is 4.79 Å². The number of benzene rings is 2. The van der Waals surface area contributed by atoms with Gasteiger partial charge in [0.25, 0.3) is 5.91 Å². The smallest absolute Gasteiger partial charge is 0.257 e. The Morgan fingerprint density at radius 1 is 1.06 bits per heavy atom. The van der Waals surface area contributed by atoms with Crippen LogP contribution < -0.4 is 14.8 Å². The van der Waals surface area contributed by atoms with E-state index in [1.165, 1.54) is 11.3 Å². The number of aromatic nitrogens is 2. The van der Waals surface area contributed by atoms with E-state index in [1.807, 2.05) is 58.7 Å². The minimum atomic E-state index is -0.190. The summed E-state index contributed by atoms with van der Waals surface area (Å²) in [6, 6.07) is 13.1. The Labute approximate surface area is 192 Å². The first kappa shape index (κ1) is 21.4. The van der Waals surface area contributed by atoms with Crippen LogP contribution in [0.3, 0.4) is 0 Å². The summed E-state index contributed by atoms with van der Waals surface area (Å²) >= 11 is 4.66. The number of amides is 1. The molecule has 0 atom stereocenters. The van der Waals surface area contributed by atoms with Gasteiger partial charge < -0.3 is 9.47 Å². The van der Waals surface area contributed by atoms with Crippen molar-refractivity contribution in [3.05, 3.63) is 70.0 Å². The highest BCUT2D eigenvalue weighted by molar-refractivity contribution is 7.98. The number of ether oxygens (including phenoxy) is 2. The highest BCUT2D eigenvalue weighted by Gasteiger charge is 2.12. The van der Waals surface area contributed by atoms with Crippen molar-refractivity contribution < 1.29 is 14.3 Å². The summed E-state index contributed by atoms with van der Waals surface area (Å²) in [6.45, 7) is 0. The zero-order valence-electron chi connectivity index (χ0n) is 16.8. The van der Waals surface area contributed by atoms with Crippen LogP contribution in [0, 0.1) is 0 Å². The number of nitrogens with zero attached hydrogens (tertiary/aromatic N) is 2. The number of thioether (sulfide) groups is 1. The highest BCUT2D eigenvalue weighted by Crippen LogP contribution is 2.33. The summed E-state index contributed by atoms with van der Waals surface area (Å²) in [6.07, 6.45) is 0. The van der Waals surface area contributed by atoms with Gasteiger partial charge >= 0.3 is 0 Å². The summed E-state index contributed by atoms with van der Waals surface area (Å²) in [4.78, 5) is 22.5. The number of nitrogens with one attached hydrogen (secondary N) is 1. The van der Waals surface area contributed by atoms with E-state index in [2.05, 4.69) is 15.3 Å². The lowest BCUT2D eigenvalue weighted by atomic mass is 10.1. The number of rotatable bonds is 8. The van der Waals surface area contributed by atoms with Crippen LogP contribution in [0.2, 0.25) is 0 Å². The van der Waals surface area contributed by atoms with Crippen molar-refractivity contribution in [1.29, 1.82) is 0 Å². The molecule has 158 valence electrons. The molecule has 4 aromatic rings. The van der Waals surface area contributed by atoms with Crippen LogP contribution in [0.1, 0.15) is 16.1 Å². The molecule has 0 aliphatic heterocycles. The highest BCUT2D eigenvalue weighted by atomic mass is 32.2. The Bertz CT molecular complexity index is 1160. The first-order valence-corrected chi connectivity index (χ1v) is 12.1. The van der Waals surface area contributed by atoms with Gasteiger partial charge in [0.05, 0.1) is 31.1 Å². The fourth-order valence-electron chi connectivity index (χ4n) is 2.80. The monoisotopic (exact) mass is 469 g/mol. The molecule has 0 bridgehead atoms. The summed E-state index contributed by atoms with van der Waals surface area (Å²) in [5, 5.41) is 7.35. The molecule has 0 saturated carbocycles. The fraction of sp³-hybridized carbons (Fsp3) is 0.136. The van der Waals surface area contributed by atoms with E-state index in [0.717, 1.165) is 27.6 Å². The Balaban J connectivity index is 1.39. The van der Waals surface area contributed by atoms with Crippen molar-refractivity contribution in [3.63, 3.8) is 0 Å². The molecule has 2 aromatic carbocycles. The molecule has 0 aliphatic rings. The van der Waals surface area contributed by atoms with Crippen molar-refractivity contribution in [3.8, 4) is 22.8 Å². The fourth-order valence-corrected chi connectivity index (χ4v) is 4.98. The van der Waals surface area contributed by atoms with E-state index in [1.54, 1.807) is 37.3 Å². The first-order valence-electron chi connectivity index (χ1n) is 9.25. The van der Waals surface area contributed by atoms with Gasteiger partial charge in [0, 0.05) is 32.5 Å². The van der Waals surface area contributed by atoms with Crippen molar-refractivity contribution in [2.24, 2.45) is 0 Å². The predicted molar refractivity (Wildman–Crippen MR) is 127 cm³/mol. The second-order valence-corrected chi connectivity index (χ2v) is 8.98. The lowest BCUT2D eigenvalue weighted by Gasteiger charge is -2.08. The average Bonchev–Trinajstić information content (AvgIpc) is 3.50. The van der Waals surface area contributed by atoms with E-state index in [0.29, 0.717) is 22.2 Å². The van der Waals surface area contributed by atoms with Gasteiger partial charge in [-0.25, -0.2) is 9.97 Å². The standard InChI is InChI=1S/C22H19N3O3S3/c1-27-19-8-5-15(9-20(19)28-2)18-12-31-22(24-18)25-21(26)14-3-6-17(7-4-14)30-11-16-10-29-13-23-16/h3-10,12-13H,11H2,1-2H3,(H,24,25,26). The third-order valence-corrected chi connectivity index (χ3v) is 6.83. The molecular weight excluding hydrogens is 450 g/mol. The van der Waals surface area contributed by atoms with Gasteiger partial charge in [-0.1, -0.05) is 0 Å². The maximum absolute atomic E-state index is 12.6. The Morgan fingerprint density at radius 3 is 2.58 bits per heavy atom. The molecule has 6 nitrogen and oxygen atoms in total. The predicted octanol–water partition coefficient (Wildman–Crippen LogP) is 5.83. The molecule has 9 heteroatoms. The van der Waals surface area contributed by atoms with Gasteiger partial charge in [-0.2, -0.15) is 0 Å². The average molecular weight is 470 g/mol. The maximum Gasteiger partial charge on any atom is 0.257 e. The zero-order valence-corrected chi connectivity index (χ0v) is 19.3. The van der Waals surface area contributed by atoms with Crippen LogP contribution >= 0.6 is 34.4 Å². The van der Waals surface area contributed by atoms with Gasteiger partial charge in [-0.05, 0) is 42.5 Å². The molecular formula is C22H19N3O3S3. The van der Waals surface area contributed by atoms with Gasteiger partial charge in [0.15, 0.2) is 16.6 Å². The van der Waals surface area contributed by atoms with Crippen LogP contribution in [0.4, 0.5) is 5.13 Å². The second-order valence-electron chi connectivity index (χ2n) is 6.35. The van der Waals surface area contributed by atoms with Crippen LogP contribution in [0.5, 0.6) is 11.5 Å². The van der Waals surface area contributed by atoms with Gasteiger partial charge in [-0.15, -0.1) is 34.4 Å². The Morgan fingerprint density at radius 2 is 1.87 bits per heavy atom. The normalized spacial score (nSPS) is 10.6. The van der Waals surface area contributed by atoms with Crippen molar-refractivity contribution in [2.45, 2.75) is 10.6 Å². The SMILES string of the molecule is COc1ccc(-c2csc(NC(=O)c3ccc(SCc4cscn4)cc3)n2)cc1OC. The van der Waals surface area contributed by atoms with Crippen molar-refractivity contribution >= 4 is 45.5 Å². The topological polar surface area (TPSA) is 73.3 Å². The van der Waals surface area contributed by atoms with Crippen molar-refractivity contribution in [2.75, 3.05) is 19.5 Å². The number of hydrogen-bond donors (Lipinski definition) is 1. The lowest BCUT2D eigenvalue weighted by molar-refractivity contribution is 0.102. The van der Waals surface area contributed by atoms with E-state index in [4.69, 9.17) is 9.47 Å². The number of methoxy groups -OCH3 is 2. The first-order chi connectivity index (χ1) is 15.2. The minimum absolute atomic E-state index is 0.190. The van der Waals surface area contributed by atoms with Crippen LogP contribution in [-0.4, -0.2) is 30.1 Å². The molecule has 1 N–H and O–H groups in total. The number of carbonyl (C=O) groups is 1. The third kappa shape index (κ3) is 5.25. The van der Waals surface area contributed by atoms with E-state index >= 15 is 0 Å². The number of carbonyl (C=O) groups excluding carboxylic acids is 1.